The van der Waals surface area contributed by atoms with Crippen molar-refractivity contribution < 1.29 is 14.8 Å². The molecule has 34 heavy (non-hydrogen) atoms. The van der Waals surface area contributed by atoms with Crippen molar-refractivity contribution in [3.05, 3.63) is 67.7 Å². The zero-order chi connectivity index (χ0) is 25.3. The van der Waals surface area contributed by atoms with Crippen LogP contribution in [-0.2, 0) is 22.5 Å². The van der Waals surface area contributed by atoms with Gasteiger partial charge in [0, 0.05) is 22.8 Å². The molecule has 2 aliphatic carbocycles. The number of hydrogen-bond donors (Lipinski definition) is 1. The van der Waals surface area contributed by atoms with Gasteiger partial charge >= 0.3 is 0 Å². The second kappa shape index (κ2) is 13.5. The van der Waals surface area contributed by atoms with Crippen molar-refractivity contribution in [2.24, 2.45) is 10.3 Å². The fourth-order valence-electron chi connectivity index (χ4n) is 4.58. The molecule has 2 aliphatic rings. The Morgan fingerprint density at radius 3 is 1.94 bits per heavy atom. The third-order valence-corrected chi connectivity index (χ3v) is 6.74. The largest absolute Gasteiger partial charge is 0.399 e. The molecule has 0 amide bonds. The van der Waals surface area contributed by atoms with Crippen LogP contribution in [0.3, 0.4) is 0 Å². The van der Waals surface area contributed by atoms with Gasteiger partial charge in [-0.05, 0) is 113 Å². The second-order valence-electron chi connectivity index (χ2n) is 8.66. The maximum Gasteiger partial charge on any atom is 0.106 e. The van der Waals surface area contributed by atoms with Crippen LogP contribution >= 0.6 is 11.6 Å². The zero-order valence-corrected chi connectivity index (χ0v) is 22.5. The minimum Gasteiger partial charge on any atom is -0.399 e. The highest BCUT2D eigenvalue weighted by Gasteiger charge is 2.22. The molecule has 186 valence electrons. The van der Waals surface area contributed by atoms with E-state index in [1.54, 1.807) is 21.1 Å². The van der Waals surface area contributed by atoms with Crippen molar-refractivity contribution in [3.8, 4) is 0 Å². The quantitative estimate of drug-likeness (QED) is 0.484. The lowest BCUT2D eigenvalue weighted by molar-refractivity contribution is 0.212. The van der Waals surface area contributed by atoms with E-state index >= 15 is 0 Å². The maximum absolute atomic E-state index is 7.57. The number of nitrogens with zero attached hydrogens (tertiary/aromatic N) is 2. The lowest BCUT2D eigenvalue weighted by atomic mass is 9.85. The highest BCUT2D eigenvalue weighted by atomic mass is 35.5. The van der Waals surface area contributed by atoms with Gasteiger partial charge in [0.05, 0.1) is 11.4 Å². The molecule has 0 saturated heterocycles. The van der Waals surface area contributed by atoms with Crippen LogP contribution in [0.2, 0.25) is 5.02 Å². The average molecular weight is 487 g/mol. The van der Waals surface area contributed by atoms with Gasteiger partial charge in [0.2, 0.25) is 0 Å². The molecule has 0 aromatic heterocycles. The normalized spacial score (nSPS) is 16.5. The van der Waals surface area contributed by atoms with Crippen LogP contribution in [0.4, 0.5) is 0 Å². The highest BCUT2D eigenvalue weighted by Crippen LogP contribution is 2.33. The van der Waals surface area contributed by atoms with E-state index in [-0.39, 0.29) is 6.61 Å². The molecular weight excluding hydrogens is 448 g/mol. The van der Waals surface area contributed by atoms with Gasteiger partial charge in [-0.15, -0.1) is 0 Å². The van der Waals surface area contributed by atoms with Gasteiger partial charge in [-0.25, -0.2) is 0 Å². The number of hydrogen-bond acceptors (Lipinski definition) is 5. The molecule has 0 atom stereocenters. The molecule has 0 radical (unpaired) electrons. The molecule has 0 bridgehead atoms. The Hall–Kier alpha value is -2.37. The molecule has 0 saturated carbocycles. The van der Waals surface area contributed by atoms with Crippen LogP contribution in [0.25, 0.3) is 0 Å². The number of aliphatic hydroxyl groups is 1. The zero-order valence-electron chi connectivity index (χ0n) is 21.7. The van der Waals surface area contributed by atoms with E-state index in [9.17, 15) is 0 Å². The van der Waals surface area contributed by atoms with Crippen molar-refractivity contribution in [1.29, 1.82) is 0 Å². The second-order valence-corrected chi connectivity index (χ2v) is 9.07. The summed E-state index contributed by atoms with van der Waals surface area (Å²) in [6.07, 6.45) is 6.49. The summed E-state index contributed by atoms with van der Waals surface area (Å²) in [4.78, 5) is 9.84. The van der Waals surface area contributed by atoms with Crippen LogP contribution in [0.1, 0.15) is 77.1 Å². The van der Waals surface area contributed by atoms with Gasteiger partial charge in [0.1, 0.15) is 14.2 Å². The van der Waals surface area contributed by atoms with Crippen molar-refractivity contribution in [3.63, 3.8) is 0 Å². The van der Waals surface area contributed by atoms with Crippen LogP contribution in [0.15, 0.2) is 28.5 Å². The number of fused-ring (bicyclic) bond motifs is 2. The summed E-state index contributed by atoms with van der Waals surface area (Å²) in [7, 11) is 3.21. The Morgan fingerprint density at radius 1 is 0.824 bits per heavy atom. The van der Waals surface area contributed by atoms with E-state index in [1.165, 1.54) is 57.3 Å². The topological polar surface area (TPSA) is 63.4 Å². The first-order valence-electron chi connectivity index (χ1n) is 12.0. The lowest BCUT2D eigenvalue weighted by Crippen LogP contribution is -2.15. The maximum atomic E-state index is 7.57. The van der Waals surface area contributed by atoms with Gasteiger partial charge in [-0.3, -0.25) is 0 Å². The van der Waals surface area contributed by atoms with Gasteiger partial charge in [-0.1, -0.05) is 34.0 Å². The van der Waals surface area contributed by atoms with E-state index in [1.807, 2.05) is 6.07 Å². The monoisotopic (exact) mass is 486 g/mol. The Kier molecular flexibility index (Phi) is 11.1. The summed E-state index contributed by atoms with van der Waals surface area (Å²) in [5, 5.41) is 16.7. The first-order chi connectivity index (χ1) is 16.3. The van der Waals surface area contributed by atoms with E-state index in [2.05, 4.69) is 50.1 Å². The average Bonchev–Trinajstić information content (AvgIpc) is 2.81. The number of oxime groups is 2. The summed E-state index contributed by atoms with van der Waals surface area (Å²) in [6, 6.07) is 6.47. The van der Waals surface area contributed by atoms with E-state index in [0.717, 1.165) is 42.1 Å². The van der Waals surface area contributed by atoms with E-state index < -0.39 is 0 Å². The molecule has 2 aromatic carbocycles. The van der Waals surface area contributed by atoms with Gasteiger partial charge in [0.15, 0.2) is 0 Å². The highest BCUT2D eigenvalue weighted by molar-refractivity contribution is 6.32. The Bertz CT molecular complexity index is 1040. The van der Waals surface area contributed by atoms with Gasteiger partial charge < -0.3 is 14.8 Å². The molecule has 0 fully saturated rings. The number of aryl methyl sites for hydroxylation is 3. The van der Waals surface area contributed by atoms with Crippen molar-refractivity contribution in [1.82, 2.24) is 0 Å². The molecule has 0 heterocycles. The SMILES string of the molecule is CCO.CO/N=C1\CCCc2c(Cl)cc(C)c(C)c21.CO/N=C1\CCCc2ccc(C)c(C)c21. The minimum atomic E-state index is 0.250. The number of rotatable bonds is 2. The Morgan fingerprint density at radius 2 is 1.35 bits per heavy atom. The Balaban J connectivity index is 0.000000216. The molecule has 0 aliphatic heterocycles. The fourth-order valence-corrected chi connectivity index (χ4v) is 4.93. The van der Waals surface area contributed by atoms with Crippen molar-refractivity contribution in [2.45, 2.75) is 73.1 Å². The molecule has 4 rings (SSSR count). The first kappa shape index (κ1) is 27.9. The molecule has 2 aromatic rings. The number of halogens is 1. The number of benzene rings is 2. The molecule has 6 heteroatoms. The Labute approximate surface area is 209 Å². The van der Waals surface area contributed by atoms with E-state index in [0.29, 0.717) is 0 Å². The lowest BCUT2D eigenvalue weighted by Gasteiger charge is -2.22. The summed E-state index contributed by atoms with van der Waals surface area (Å²) in [5.74, 6) is 0. The number of aliphatic hydroxyl groups excluding tert-OH is 1. The summed E-state index contributed by atoms with van der Waals surface area (Å²) < 4.78 is 0. The molecule has 5 nitrogen and oxygen atoms in total. The van der Waals surface area contributed by atoms with Gasteiger partial charge in [-0.2, -0.15) is 0 Å². The third kappa shape index (κ3) is 6.61. The third-order valence-electron chi connectivity index (χ3n) is 6.40. The summed E-state index contributed by atoms with van der Waals surface area (Å²) in [6.45, 7) is 10.5. The standard InChI is InChI=1S/C13H16ClNO.C13H17NO.C2H6O/c1-8-7-11(14)10-5-4-6-12(15-16-3)13(10)9(8)2;1-9-7-8-11-5-4-6-12(14-15-3)13(11)10(9)2;1-2-3/h7H,4-6H2,1-3H3;7-8H,4-6H2,1-3H3;3H,2H2,1H3/b15-12+;14-12+;. The van der Waals surface area contributed by atoms with Crippen LogP contribution < -0.4 is 0 Å². The molecule has 1 N–H and O–H groups in total. The fraction of sp³-hybridized carbons (Fsp3) is 0.500. The van der Waals surface area contributed by atoms with Crippen molar-refractivity contribution in [2.75, 3.05) is 20.8 Å². The molecular formula is C28H39ClN2O3. The van der Waals surface area contributed by atoms with Crippen molar-refractivity contribution >= 4 is 23.0 Å². The van der Waals surface area contributed by atoms with E-state index in [4.69, 9.17) is 26.4 Å². The van der Waals surface area contributed by atoms with Gasteiger partial charge in [0.25, 0.3) is 0 Å². The predicted octanol–water partition coefficient (Wildman–Crippen LogP) is 6.63. The van der Waals surface area contributed by atoms with Crippen LogP contribution in [0, 0.1) is 27.7 Å². The predicted molar refractivity (Wildman–Crippen MR) is 143 cm³/mol. The minimum absolute atomic E-state index is 0.250. The molecule has 0 spiro atoms. The summed E-state index contributed by atoms with van der Waals surface area (Å²) >= 11 is 6.29. The summed E-state index contributed by atoms with van der Waals surface area (Å²) in [5.41, 5.74) is 12.5. The molecule has 0 unspecified atom stereocenters. The smallest absolute Gasteiger partial charge is 0.106 e. The van der Waals surface area contributed by atoms with Crippen LogP contribution in [-0.4, -0.2) is 37.4 Å². The first-order valence-corrected chi connectivity index (χ1v) is 12.4. The van der Waals surface area contributed by atoms with Crippen LogP contribution in [0.5, 0.6) is 0 Å².